The lowest BCUT2D eigenvalue weighted by Crippen LogP contribution is -2.13. The van der Waals surface area contributed by atoms with Crippen molar-refractivity contribution >= 4 is 9.17 Å². The van der Waals surface area contributed by atoms with Crippen LogP contribution in [0.2, 0.25) is 0 Å². The fraction of sp³-hybridized carbons (Fsp3) is 0.333. The average molecular weight is 190 g/mol. The number of hydrogen-bond donors (Lipinski definition) is 0. The predicted octanol–water partition coefficient (Wildman–Crippen LogP) is 0.670. The largest absolute Gasteiger partial charge is 0.834 e. The van der Waals surface area contributed by atoms with Crippen LogP contribution in [0, 0.1) is 0 Å². The highest BCUT2D eigenvalue weighted by Gasteiger charge is 2.13. The molecule has 0 rings (SSSR count). The topological polar surface area (TPSA) is 54.0 Å². The van der Waals surface area contributed by atoms with Gasteiger partial charge in [0.2, 0.25) is 0 Å². The minimum Gasteiger partial charge on any atom is -0.327 e. The molecular weight excluding hydrogens is 180 g/mol. The zero-order valence-corrected chi connectivity index (χ0v) is 7.52. The van der Waals surface area contributed by atoms with Crippen LogP contribution >= 0.6 is 0 Å². The lowest BCUT2D eigenvalue weighted by atomic mass is 10.7. The molecule has 0 aliphatic rings. The van der Waals surface area contributed by atoms with Gasteiger partial charge >= 0.3 is 9.17 Å². The lowest BCUT2D eigenvalue weighted by molar-refractivity contribution is -0.277. The maximum Gasteiger partial charge on any atom is 0.834 e. The smallest absolute Gasteiger partial charge is 0.327 e. The van der Waals surface area contributed by atoms with Gasteiger partial charge in [-0.05, 0) is 0 Å². The molecule has 68 valence electrons. The van der Waals surface area contributed by atoms with E-state index in [1.165, 1.54) is 12.2 Å². The van der Waals surface area contributed by atoms with E-state index in [9.17, 15) is 4.46 Å². The fourth-order valence-electron chi connectivity index (χ4n) is 0.274. The van der Waals surface area contributed by atoms with Gasteiger partial charge in [0.05, 0.1) is 0 Å². The third kappa shape index (κ3) is 7.13. The van der Waals surface area contributed by atoms with Crippen LogP contribution in [0.25, 0.3) is 0 Å². The minimum atomic E-state index is -2.72. The van der Waals surface area contributed by atoms with Crippen molar-refractivity contribution in [3.63, 3.8) is 0 Å². The number of rotatable bonds is 8. The van der Waals surface area contributed by atoms with Gasteiger partial charge in [-0.2, -0.15) is 9.78 Å². The number of hydrogen-bond acceptors (Lipinski definition) is 5. The van der Waals surface area contributed by atoms with Crippen LogP contribution in [0.4, 0.5) is 0 Å². The first-order valence-corrected chi connectivity index (χ1v) is 4.38. The van der Waals surface area contributed by atoms with Crippen molar-refractivity contribution in [2.45, 2.75) is 0 Å². The van der Waals surface area contributed by atoms with Crippen molar-refractivity contribution in [1.29, 1.82) is 0 Å². The first-order chi connectivity index (χ1) is 5.81. The third-order valence-electron chi connectivity index (χ3n) is 0.626. The van der Waals surface area contributed by atoms with E-state index in [4.69, 9.17) is 0 Å². The van der Waals surface area contributed by atoms with Crippen molar-refractivity contribution in [2.75, 3.05) is 13.2 Å². The molecule has 0 fully saturated rings. The van der Waals surface area contributed by atoms with Crippen molar-refractivity contribution < 1.29 is 23.4 Å². The maximum atomic E-state index is 10.6. The highest BCUT2D eigenvalue weighted by Crippen LogP contribution is 1.84. The fourth-order valence-corrected chi connectivity index (χ4v) is 0.631. The van der Waals surface area contributed by atoms with Gasteiger partial charge in [-0.15, -0.1) is 13.2 Å². The quantitative estimate of drug-likeness (QED) is 0.185. The molecule has 0 saturated carbocycles. The Morgan fingerprint density at radius 2 is 1.50 bits per heavy atom. The van der Waals surface area contributed by atoms with Gasteiger partial charge in [-0.1, -0.05) is 12.2 Å². The van der Waals surface area contributed by atoms with E-state index < -0.39 is 9.17 Å². The molecule has 0 aromatic rings. The van der Waals surface area contributed by atoms with Gasteiger partial charge in [0, 0.05) is 0 Å². The molecule has 0 aliphatic carbocycles. The van der Waals surface area contributed by atoms with Crippen molar-refractivity contribution in [2.24, 2.45) is 0 Å². The normalized spacial score (nSPS) is 8.67. The van der Waals surface area contributed by atoms with E-state index in [0.29, 0.717) is 0 Å². The highest BCUT2D eigenvalue weighted by molar-refractivity contribution is 6.25. The molecule has 0 bridgehead atoms. The monoisotopic (exact) mass is 190 g/mol. The van der Waals surface area contributed by atoms with E-state index in [1.807, 2.05) is 0 Å². The van der Waals surface area contributed by atoms with E-state index in [1.54, 1.807) is 0 Å². The molecule has 0 aromatic carbocycles. The molecular formula is C6H10O5Si. The molecule has 0 aromatic heterocycles. The highest BCUT2D eigenvalue weighted by atomic mass is 28.3. The lowest BCUT2D eigenvalue weighted by Gasteiger charge is -1.99. The molecule has 6 heteroatoms. The summed E-state index contributed by atoms with van der Waals surface area (Å²) in [5.41, 5.74) is 0. The Hall–Kier alpha value is -0.983. The van der Waals surface area contributed by atoms with Crippen LogP contribution in [-0.2, 0) is 23.4 Å². The summed E-state index contributed by atoms with van der Waals surface area (Å²) >= 11 is 0. The van der Waals surface area contributed by atoms with Crippen molar-refractivity contribution in [1.82, 2.24) is 0 Å². The summed E-state index contributed by atoms with van der Waals surface area (Å²) in [5.74, 6) is 0. The van der Waals surface area contributed by atoms with Crippen LogP contribution in [-0.4, -0.2) is 22.4 Å². The van der Waals surface area contributed by atoms with Crippen molar-refractivity contribution in [3.05, 3.63) is 25.3 Å². The van der Waals surface area contributed by atoms with Gasteiger partial charge in [0.25, 0.3) is 0 Å². The molecule has 0 atom stereocenters. The maximum absolute atomic E-state index is 10.6. The molecule has 0 spiro atoms. The first-order valence-electron chi connectivity index (χ1n) is 3.16. The Labute approximate surface area is 71.9 Å². The summed E-state index contributed by atoms with van der Waals surface area (Å²) in [7, 11) is -2.72. The zero-order chi connectivity index (χ0) is 9.23. The molecule has 0 heterocycles. The molecule has 12 heavy (non-hydrogen) atoms. The second-order valence-electron chi connectivity index (χ2n) is 1.56. The van der Waals surface area contributed by atoms with Crippen molar-refractivity contribution in [3.8, 4) is 0 Å². The summed E-state index contributed by atoms with van der Waals surface area (Å²) in [5, 5.41) is 0. The SMILES string of the molecule is C=CCOO[Si](=O)OOCC=C. The second-order valence-corrected chi connectivity index (χ2v) is 2.40. The van der Waals surface area contributed by atoms with E-state index in [2.05, 4.69) is 32.1 Å². The van der Waals surface area contributed by atoms with E-state index in [-0.39, 0.29) is 13.2 Å². The Balaban J connectivity index is 3.21. The van der Waals surface area contributed by atoms with Crippen LogP contribution < -0.4 is 0 Å². The van der Waals surface area contributed by atoms with Crippen LogP contribution in [0.1, 0.15) is 0 Å². The zero-order valence-electron chi connectivity index (χ0n) is 6.52. The van der Waals surface area contributed by atoms with Crippen LogP contribution in [0.15, 0.2) is 25.3 Å². The van der Waals surface area contributed by atoms with Gasteiger partial charge in [0.1, 0.15) is 13.2 Å². The standard InChI is InChI=1S/C6H10O5Si/c1-3-5-8-10-12(7)11-9-6-4-2/h3-4H,1-2,5-6H2. The molecule has 0 saturated heterocycles. The Kier molecular flexibility index (Phi) is 7.45. The second kappa shape index (κ2) is 8.12. The van der Waals surface area contributed by atoms with Gasteiger partial charge in [0.15, 0.2) is 0 Å². The summed E-state index contributed by atoms with van der Waals surface area (Å²) in [6, 6.07) is 0. The Bertz CT molecular complexity index is 142. The Morgan fingerprint density at radius 1 is 1.08 bits per heavy atom. The first kappa shape index (κ1) is 11.0. The van der Waals surface area contributed by atoms with E-state index >= 15 is 0 Å². The van der Waals surface area contributed by atoms with Gasteiger partial charge in [-0.3, -0.25) is 4.46 Å². The van der Waals surface area contributed by atoms with Gasteiger partial charge < -0.3 is 9.15 Å². The molecule has 0 radical (unpaired) electrons. The Morgan fingerprint density at radius 3 is 1.83 bits per heavy atom. The molecule has 5 nitrogen and oxygen atoms in total. The summed E-state index contributed by atoms with van der Waals surface area (Å²) in [4.78, 5) is 8.72. The predicted molar refractivity (Wildman–Crippen MR) is 40.9 cm³/mol. The average Bonchev–Trinajstić information content (AvgIpc) is 2.06. The minimum absolute atomic E-state index is 0.140. The molecule has 0 unspecified atom stereocenters. The summed E-state index contributed by atoms with van der Waals surface area (Å²) in [6.07, 6.45) is 2.89. The third-order valence-corrected chi connectivity index (χ3v) is 1.13. The summed E-state index contributed by atoms with van der Waals surface area (Å²) < 4.78 is 19.1. The van der Waals surface area contributed by atoms with Crippen LogP contribution in [0.5, 0.6) is 0 Å². The molecule has 0 N–H and O–H groups in total. The van der Waals surface area contributed by atoms with Crippen LogP contribution in [0.3, 0.4) is 0 Å². The summed E-state index contributed by atoms with van der Waals surface area (Å²) in [6.45, 7) is 6.98. The molecule has 0 aliphatic heterocycles. The van der Waals surface area contributed by atoms with Gasteiger partial charge in [-0.25, -0.2) is 0 Å². The molecule has 0 amide bonds. The van der Waals surface area contributed by atoms with E-state index in [0.717, 1.165) is 0 Å².